The van der Waals surface area contributed by atoms with Crippen LogP contribution in [0.2, 0.25) is 0 Å². The van der Waals surface area contributed by atoms with Gasteiger partial charge in [-0.15, -0.1) is 5.10 Å². The molecular weight excluding hydrogens is 226 g/mol. The van der Waals surface area contributed by atoms with E-state index in [0.717, 1.165) is 4.85 Å². The fourth-order valence-electron chi connectivity index (χ4n) is 1.14. The molecule has 0 bridgehead atoms. The Morgan fingerprint density at radius 3 is 2.47 bits per heavy atom. The van der Waals surface area contributed by atoms with E-state index in [1.54, 1.807) is 31.4 Å². The molecule has 0 amide bonds. The van der Waals surface area contributed by atoms with Gasteiger partial charge in [0.1, 0.15) is 11.9 Å². The minimum atomic E-state index is -1.16. The van der Waals surface area contributed by atoms with Crippen molar-refractivity contribution in [1.29, 1.82) is 0 Å². The Bertz CT molecular complexity index is 521. The van der Waals surface area contributed by atoms with Gasteiger partial charge in [0.05, 0.1) is 7.11 Å². The van der Waals surface area contributed by atoms with Gasteiger partial charge in [-0.05, 0) is 29.5 Å². The lowest BCUT2D eigenvalue weighted by atomic mass is 10.3. The van der Waals surface area contributed by atoms with Crippen molar-refractivity contribution in [3.8, 4) is 11.5 Å². The molecular formula is C10H9N3O4. The predicted molar refractivity (Wildman–Crippen MR) is 56.0 cm³/mol. The molecule has 0 atom stereocenters. The molecule has 0 fully saturated rings. The van der Waals surface area contributed by atoms with E-state index in [-0.39, 0.29) is 5.69 Å². The molecule has 0 aliphatic carbocycles. The average Bonchev–Trinajstić information content (AvgIpc) is 2.79. The molecule has 2 aromatic rings. The number of carboxylic acids is 1. The van der Waals surface area contributed by atoms with Crippen molar-refractivity contribution in [2.45, 2.75) is 0 Å². The minimum absolute atomic E-state index is 0.182. The third kappa shape index (κ3) is 2.51. The molecule has 0 spiro atoms. The molecule has 1 N–H and O–H groups in total. The monoisotopic (exact) mass is 235 g/mol. The molecule has 1 aromatic heterocycles. The minimum Gasteiger partial charge on any atom is -0.497 e. The number of rotatable bonds is 4. The summed E-state index contributed by atoms with van der Waals surface area (Å²) in [5, 5.41) is 15.6. The average molecular weight is 235 g/mol. The maximum atomic E-state index is 10.6. The fourth-order valence-corrected chi connectivity index (χ4v) is 1.14. The third-order valence-corrected chi connectivity index (χ3v) is 1.95. The van der Waals surface area contributed by atoms with Crippen molar-refractivity contribution in [1.82, 2.24) is 15.2 Å². The Morgan fingerprint density at radius 2 is 1.94 bits per heavy atom. The summed E-state index contributed by atoms with van der Waals surface area (Å²) in [5.41, 5.74) is -0.182. The van der Waals surface area contributed by atoms with Crippen LogP contribution in [0.4, 0.5) is 0 Å². The SMILES string of the molecule is COc1ccc(On2cc(C(=O)O)nn2)cc1. The lowest BCUT2D eigenvalue weighted by Crippen LogP contribution is -2.05. The number of hydrogen-bond donors (Lipinski definition) is 1. The topological polar surface area (TPSA) is 86.5 Å². The van der Waals surface area contributed by atoms with E-state index in [2.05, 4.69) is 10.3 Å². The normalized spacial score (nSPS) is 9.94. The van der Waals surface area contributed by atoms with Crippen molar-refractivity contribution < 1.29 is 19.5 Å². The van der Waals surface area contributed by atoms with Crippen LogP contribution in [0.15, 0.2) is 30.5 Å². The Kier molecular flexibility index (Phi) is 2.91. The molecule has 2 rings (SSSR count). The summed E-state index contributed by atoms with van der Waals surface area (Å²) in [5.74, 6) is 0.0318. The maximum absolute atomic E-state index is 10.6. The quantitative estimate of drug-likeness (QED) is 0.844. The summed E-state index contributed by atoms with van der Waals surface area (Å²) in [6.07, 6.45) is 1.17. The molecule has 88 valence electrons. The van der Waals surface area contributed by atoms with Crippen LogP contribution in [-0.2, 0) is 0 Å². The fraction of sp³-hybridized carbons (Fsp3) is 0.100. The van der Waals surface area contributed by atoms with Crippen LogP contribution < -0.4 is 9.57 Å². The van der Waals surface area contributed by atoms with Gasteiger partial charge < -0.3 is 14.7 Å². The van der Waals surface area contributed by atoms with Gasteiger partial charge in [-0.25, -0.2) is 4.79 Å². The second-order valence-electron chi connectivity index (χ2n) is 3.08. The first-order chi connectivity index (χ1) is 8.19. The number of hydrogen-bond acceptors (Lipinski definition) is 5. The molecule has 0 aliphatic heterocycles. The van der Waals surface area contributed by atoms with Crippen LogP contribution >= 0.6 is 0 Å². The zero-order chi connectivity index (χ0) is 12.3. The first-order valence-electron chi connectivity index (χ1n) is 4.67. The highest BCUT2D eigenvalue weighted by atomic mass is 16.7. The number of carbonyl (C=O) groups is 1. The molecule has 0 unspecified atom stereocenters. The zero-order valence-electron chi connectivity index (χ0n) is 8.90. The largest absolute Gasteiger partial charge is 0.497 e. The number of methoxy groups -OCH3 is 1. The van der Waals surface area contributed by atoms with Gasteiger partial charge in [0.2, 0.25) is 0 Å². The molecule has 0 aliphatic rings. The van der Waals surface area contributed by atoms with E-state index >= 15 is 0 Å². The highest BCUT2D eigenvalue weighted by Gasteiger charge is 2.09. The number of nitrogens with zero attached hydrogens (tertiary/aromatic N) is 3. The lowest BCUT2D eigenvalue weighted by Gasteiger charge is -2.03. The van der Waals surface area contributed by atoms with Crippen LogP contribution in [-0.4, -0.2) is 33.3 Å². The van der Waals surface area contributed by atoms with E-state index < -0.39 is 5.97 Å². The van der Waals surface area contributed by atoms with E-state index in [0.29, 0.717) is 11.5 Å². The molecule has 1 aromatic carbocycles. The molecule has 7 heteroatoms. The van der Waals surface area contributed by atoms with Crippen LogP contribution in [0, 0.1) is 0 Å². The second kappa shape index (κ2) is 4.52. The van der Waals surface area contributed by atoms with Gasteiger partial charge in [0.25, 0.3) is 0 Å². The van der Waals surface area contributed by atoms with Gasteiger partial charge in [0.15, 0.2) is 11.4 Å². The summed E-state index contributed by atoms with van der Waals surface area (Å²) >= 11 is 0. The molecule has 0 saturated heterocycles. The predicted octanol–water partition coefficient (Wildman–Crippen LogP) is 0.827. The molecule has 0 saturated carbocycles. The van der Waals surface area contributed by atoms with Gasteiger partial charge in [-0.1, -0.05) is 4.85 Å². The van der Waals surface area contributed by atoms with E-state index in [1.165, 1.54) is 6.20 Å². The van der Waals surface area contributed by atoms with E-state index in [1.807, 2.05) is 0 Å². The van der Waals surface area contributed by atoms with E-state index in [4.69, 9.17) is 14.7 Å². The van der Waals surface area contributed by atoms with Gasteiger partial charge in [-0.2, -0.15) is 0 Å². The lowest BCUT2D eigenvalue weighted by molar-refractivity contribution is 0.0690. The van der Waals surface area contributed by atoms with Crippen LogP contribution in [0.25, 0.3) is 0 Å². The summed E-state index contributed by atoms with van der Waals surface area (Å²) in [7, 11) is 1.56. The number of benzene rings is 1. The third-order valence-electron chi connectivity index (χ3n) is 1.95. The van der Waals surface area contributed by atoms with Crippen molar-refractivity contribution in [3.63, 3.8) is 0 Å². The van der Waals surface area contributed by atoms with Crippen LogP contribution in [0.1, 0.15) is 10.5 Å². The summed E-state index contributed by atoms with van der Waals surface area (Å²) in [6, 6.07) is 6.76. The first kappa shape index (κ1) is 10.9. The van der Waals surface area contributed by atoms with Crippen molar-refractivity contribution in [2.75, 3.05) is 7.11 Å². The van der Waals surface area contributed by atoms with E-state index in [9.17, 15) is 4.79 Å². The van der Waals surface area contributed by atoms with Crippen molar-refractivity contribution in [2.24, 2.45) is 0 Å². The van der Waals surface area contributed by atoms with Gasteiger partial charge >= 0.3 is 5.97 Å². The summed E-state index contributed by atoms with van der Waals surface area (Å²) < 4.78 is 4.99. The number of carboxylic acid groups (broad SMARTS) is 1. The highest BCUT2D eigenvalue weighted by molar-refractivity contribution is 5.84. The number of aromatic carboxylic acids is 1. The Morgan fingerprint density at radius 1 is 1.29 bits per heavy atom. The summed E-state index contributed by atoms with van der Waals surface area (Å²) in [6.45, 7) is 0. The smallest absolute Gasteiger partial charge is 0.358 e. The molecule has 17 heavy (non-hydrogen) atoms. The number of aromatic nitrogens is 3. The van der Waals surface area contributed by atoms with Gasteiger partial charge in [-0.3, -0.25) is 0 Å². The molecule has 7 nitrogen and oxygen atoms in total. The standard InChI is InChI=1S/C10H9N3O4/c1-16-7-2-4-8(5-3-7)17-13-6-9(10(14)15)11-12-13/h2-6H,1H3,(H,14,15). The molecule has 1 heterocycles. The zero-order valence-corrected chi connectivity index (χ0v) is 8.90. The Hall–Kier alpha value is -2.57. The van der Waals surface area contributed by atoms with Crippen molar-refractivity contribution in [3.05, 3.63) is 36.2 Å². The first-order valence-corrected chi connectivity index (χ1v) is 4.67. The maximum Gasteiger partial charge on any atom is 0.358 e. The molecule has 0 radical (unpaired) electrons. The number of ether oxygens (including phenoxy) is 1. The van der Waals surface area contributed by atoms with Gasteiger partial charge in [0, 0.05) is 0 Å². The highest BCUT2D eigenvalue weighted by Crippen LogP contribution is 2.17. The van der Waals surface area contributed by atoms with Crippen LogP contribution in [0.5, 0.6) is 11.5 Å². The summed E-state index contributed by atoms with van der Waals surface area (Å²) in [4.78, 5) is 16.8. The Balaban J connectivity index is 2.11. The van der Waals surface area contributed by atoms with Crippen molar-refractivity contribution >= 4 is 5.97 Å². The second-order valence-corrected chi connectivity index (χ2v) is 3.08. The van der Waals surface area contributed by atoms with Crippen LogP contribution in [0.3, 0.4) is 0 Å². The Labute approximate surface area is 96.2 Å².